The van der Waals surface area contributed by atoms with Crippen LogP contribution in [0.4, 0.5) is 0 Å². The van der Waals surface area contributed by atoms with Crippen LogP contribution >= 0.6 is 0 Å². The van der Waals surface area contributed by atoms with Gasteiger partial charge in [0.1, 0.15) is 0 Å². The Morgan fingerprint density at radius 3 is 2.81 bits per heavy atom. The number of carboxylic acids is 1. The lowest BCUT2D eigenvalue weighted by Gasteiger charge is -2.36. The number of aryl methyl sites for hydroxylation is 1. The minimum absolute atomic E-state index is 0.0195. The normalized spacial score (nSPS) is 25.7. The van der Waals surface area contributed by atoms with E-state index in [4.69, 9.17) is 5.11 Å². The number of nitrogens with zero attached hydrogens (tertiary/aromatic N) is 1. The highest BCUT2D eigenvalue weighted by Gasteiger charge is 2.32. The highest BCUT2D eigenvalue weighted by atomic mass is 16.4. The molecule has 0 bridgehead atoms. The van der Waals surface area contributed by atoms with E-state index < -0.39 is 11.7 Å². The smallest absolute Gasteiger partial charge is 0.328 e. The van der Waals surface area contributed by atoms with Gasteiger partial charge in [0, 0.05) is 24.2 Å². The molecule has 0 saturated heterocycles. The fraction of sp³-hybridized carbons (Fsp3) is 0.643. The number of aromatic nitrogens is 2. The maximum absolute atomic E-state index is 12.0. The van der Waals surface area contributed by atoms with Gasteiger partial charge >= 0.3 is 11.7 Å². The number of carboxylic acid groups (broad SMARTS) is 1. The van der Waals surface area contributed by atoms with Crippen LogP contribution in [-0.4, -0.2) is 33.7 Å². The molecule has 7 nitrogen and oxygen atoms in total. The average molecular weight is 295 g/mol. The zero-order valence-electron chi connectivity index (χ0n) is 12.3. The van der Waals surface area contributed by atoms with Crippen molar-refractivity contribution in [1.82, 2.24) is 14.9 Å². The minimum Gasteiger partial charge on any atom is -0.481 e. The summed E-state index contributed by atoms with van der Waals surface area (Å²) in [5, 5.41) is 12.1. The molecule has 1 aromatic heterocycles. The van der Waals surface area contributed by atoms with Gasteiger partial charge in [0.2, 0.25) is 0 Å². The molecule has 7 heteroatoms. The van der Waals surface area contributed by atoms with Gasteiger partial charge in [-0.2, -0.15) is 0 Å². The third-order valence-electron chi connectivity index (χ3n) is 4.26. The molecule has 1 saturated carbocycles. The molecule has 1 aliphatic carbocycles. The van der Waals surface area contributed by atoms with Crippen molar-refractivity contribution < 1.29 is 9.90 Å². The van der Waals surface area contributed by atoms with Crippen LogP contribution in [0.15, 0.2) is 15.8 Å². The topological polar surface area (TPSA) is 104 Å². The first kappa shape index (κ1) is 15.5. The molecule has 2 rings (SSSR count). The third kappa shape index (κ3) is 3.41. The van der Waals surface area contributed by atoms with E-state index in [1.807, 2.05) is 7.05 Å². The van der Waals surface area contributed by atoms with E-state index in [1.54, 1.807) is 17.7 Å². The Kier molecular flexibility index (Phi) is 4.62. The Morgan fingerprint density at radius 1 is 1.48 bits per heavy atom. The van der Waals surface area contributed by atoms with Crippen LogP contribution in [0.5, 0.6) is 0 Å². The van der Waals surface area contributed by atoms with Gasteiger partial charge in [-0.25, -0.2) is 4.79 Å². The summed E-state index contributed by atoms with van der Waals surface area (Å²) in [4.78, 5) is 36.6. The van der Waals surface area contributed by atoms with Crippen LogP contribution in [0.3, 0.4) is 0 Å². The van der Waals surface area contributed by atoms with Crippen molar-refractivity contribution in [2.24, 2.45) is 5.92 Å². The Hall–Kier alpha value is -1.89. The lowest BCUT2D eigenvalue weighted by atomic mass is 9.80. The average Bonchev–Trinajstić information content (AvgIpc) is 2.42. The lowest BCUT2D eigenvalue weighted by molar-refractivity contribution is -0.138. The highest BCUT2D eigenvalue weighted by molar-refractivity contribution is 5.67. The monoisotopic (exact) mass is 295 g/mol. The zero-order valence-corrected chi connectivity index (χ0v) is 12.3. The molecule has 0 unspecified atom stereocenters. The predicted molar refractivity (Wildman–Crippen MR) is 77.5 cm³/mol. The first-order valence-corrected chi connectivity index (χ1v) is 7.13. The Balaban J connectivity index is 2.25. The molecule has 3 N–H and O–H groups in total. The summed E-state index contributed by atoms with van der Waals surface area (Å²) in [7, 11) is 1.81. The second-order valence-electron chi connectivity index (χ2n) is 5.72. The second kappa shape index (κ2) is 6.26. The summed E-state index contributed by atoms with van der Waals surface area (Å²) >= 11 is 0. The van der Waals surface area contributed by atoms with Crippen molar-refractivity contribution in [2.45, 2.75) is 44.7 Å². The van der Waals surface area contributed by atoms with Gasteiger partial charge in [0.05, 0.1) is 6.04 Å². The quantitative estimate of drug-likeness (QED) is 0.738. The molecule has 1 aromatic rings. The van der Waals surface area contributed by atoms with Gasteiger partial charge in [-0.3, -0.25) is 19.1 Å². The Bertz CT molecular complexity index is 634. The molecule has 0 aromatic carbocycles. The van der Waals surface area contributed by atoms with Crippen molar-refractivity contribution in [3.8, 4) is 0 Å². The molecule has 3 atom stereocenters. The van der Waals surface area contributed by atoms with Crippen molar-refractivity contribution in [1.29, 1.82) is 0 Å². The maximum atomic E-state index is 12.0. The number of aliphatic carboxylic acids is 1. The zero-order chi connectivity index (χ0) is 15.6. The van der Waals surface area contributed by atoms with Gasteiger partial charge in [0.15, 0.2) is 0 Å². The van der Waals surface area contributed by atoms with Gasteiger partial charge in [-0.05, 0) is 39.2 Å². The van der Waals surface area contributed by atoms with Gasteiger partial charge in [-0.15, -0.1) is 0 Å². The number of carbonyl (C=O) groups is 1. The summed E-state index contributed by atoms with van der Waals surface area (Å²) < 4.78 is 1.56. The molecule has 1 heterocycles. The standard InChI is InChI=1S/C14H21N3O4/c1-8-7-17(14(21)16-13(8)20)11-4-3-9(6-12(18)19)5-10(11)15-2/h7,9-11,15H,3-6H2,1-2H3,(H,18,19)(H,16,20,21)/t9-,10+,11-/m1/s1. The van der Waals surface area contributed by atoms with E-state index in [1.165, 1.54) is 0 Å². The number of nitrogens with one attached hydrogen (secondary N) is 2. The minimum atomic E-state index is -0.787. The highest BCUT2D eigenvalue weighted by Crippen LogP contribution is 2.33. The predicted octanol–water partition coefficient (Wildman–Crippen LogP) is 0.249. The van der Waals surface area contributed by atoms with Crippen LogP contribution in [0.1, 0.15) is 37.3 Å². The van der Waals surface area contributed by atoms with E-state index in [9.17, 15) is 14.4 Å². The molecule has 21 heavy (non-hydrogen) atoms. The maximum Gasteiger partial charge on any atom is 0.328 e. The molecular weight excluding hydrogens is 274 g/mol. The number of H-pyrrole nitrogens is 1. The number of hydrogen-bond donors (Lipinski definition) is 3. The second-order valence-corrected chi connectivity index (χ2v) is 5.72. The van der Waals surface area contributed by atoms with E-state index in [-0.39, 0.29) is 30.0 Å². The van der Waals surface area contributed by atoms with Crippen LogP contribution in [0, 0.1) is 12.8 Å². The van der Waals surface area contributed by atoms with Crippen LogP contribution in [0.2, 0.25) is 0 Å². The third-order valence-corrected chi connectivity index (χ3v) is 4.26. The van der Waals surface area contributed by atoms with Crippen molar-refractivity contribution in [3.63, 3.8) is 0 Å². The van der Waals surface area contributed by atoms with Gasteiger partial charge in [-0.1, -0.05) is 0 Å². The summed E-state index contributed by atoms with van der Waals surface area (Å²) in [6, 6.07) is -0.0470. The fourth-order valence-electron chi connectivity index (χ4n) is 3.15. The molecule has 1 fully saturated rings. The molecule has 1 aliphatic rings. The molecule has 0 spiro atoms. The first-order valence-electron chi connectivity index (χ1n) is 7.13. The molecule has 0 radical (unpaired) electrons. The number of likely N-dealkylation sites (N-methyl/N-ethyl adjacent to an activating group) is 1. The summed E-state index contributed by atoms with van der Waals surface area (Å²) in [5.41, 5.74) is -0.276. The van der Waals surface area contributed by atoms with E-state index in [0.29, 0.717) is 12.0 Å². The summed E-state index contributed by atoms with van der Waals surface area (Å²) in [6.45, 7) is 1.67. The SMILES string of the molecule is CN[C@H]1C[C@H](CC(=O)O)CC[C@H]1n1cc(C)c(=O)[nH]c1=O. The van der Waals surface area contributed by atoms with Crippen LogP contribution in [0.25, 0.3) is 0 Å². The van der Waals surface area contributed by atoms with Crippen molar-refractivity contribution in [3.05, 3.63) is 32.6 Å². The number of rotatable bonds is 4. The molecule has 116 valence electrons. The van der Waals surface area contributed by atoms with E-state index >= 15 is 0 Å². The van der Waals surface area contributed by atoms with Crippen LogP contribution in [-0.2, 0) is 4.79 Å². The van der Waals surface area contributed by atoms with E-state index in [0.717, 1.165) is 12.8 Å². The van der Waals surface area contributed by atoms with Crippen molar-refractivity contribution >= 4 is 5.97 Å². The van der Waals surface area contributed by atoms with Gasteiger partial charge < -0.3 is 10.4 Å². The molecule has 0 amide bonds. The Morgan fingerprint density at radius 2 is 2.19 bits per heavy atom. The Labute approximate surface area is 122 Å². The first-order chi connectivity index (χ1) is 9.92. The van der Waals surface area contributed by atoms with Crippen molar-refractivity contribution in [2.75, 3.05) is 7.05 Å². The van der Waals surface area contributed by atoms with Gasteiger partial charge in [0.25, 0.3) is 5.56 Å². The van der Waals surface area contributed by atoms with Crippen LogP contribution < -0.4 is 16.6 Å². The number of hydrogen-bond acceptors (Lipinski definition) is 4. The summed E-state index contributed by atoms with van der Waals surface area (Å²) in [6.07, 6.45) is 3.94. The number of aromatic amines is 1. The molecular formula is C14H21N3O4. The largest absolute Gasteiger partial charge is 0.481 e. The summed E-state index contributed by atoms with van der Waals surface area (Å²) in [5.74, 6) is -0.666. The fourth-order valence-corrected chi connectivity index (χ4v) is 3.15. The lowest BCUT2D eigenvalue weighted by Crippen LogP contribution is -2.45. The van der Waals surface area contributed by atoms with E-state index in [2.05, 4.69) is 10.3 Å². The molecule has 0 aliphatic heterocycles.